The number of nitrogens with one attached hydrogen (secondary N) is 1. The summed E-state index contributed by atoms with van der Waals surface area (Å²) in [5.74, 6) is 1.55. The molecule has 21 heavy (non-hydrogen) atoms. The number of hydrogen-bond donors (Lipinski definition) is 1. The van der Waals surface area contributed by atoms with E-state index >= 15 is 0 Å². The number of benzene rings is 2. The highest BCUT2D eigenvalue weighted by Crippen LogP contribution is 2.23. The Morgan fingerprint density at radius 1 is 0.905 bits per heavy atom. The largest absolute Gasteiger partial charge is 0.457 e. The molecule has 1 heterocycles. The molecule has 2 amide bonds. The molecule has 1 saturated heterocycles. The van der Waals surface area contributed by atoms with Gasteiger partial charge in [0.1, 0.15) is 11.5 Å². The van der Waals surface area contributed by atoms with Crippen molar-refractivity contribution in [2.75, 3.05) is 18.4 Å². The number of amides is 2. The SMILES string of the molecule is O=C(Nc1ccc(Oc2ccccc2)cc1)N1CCCC1. The lowest BCUT2D eigenvalue weighted by molar-refractivity contribution is 0.222. The molecule has 2 aromatic rings. The van der Waals surface area contributed by atoms with Crippen LogP contribution in [0.2, 0.25) is 0 Å². The number of anilines is 1. The predicted molar refractivity (Wildman–Crippen MR) is 82.8 cm³/mol. The number of rotatable bonds is 3. The molecule has 0 spiro atoms. The van der Waals surface area contributed by atoms with Crippen LogP contribution >= 0.6 is 0 Å². The van der Waals surface area contributed by atoms with E-state index in [9.17, 15) is 4.79 Å². The van der Waals surface area contributed by atoms with Crippen molar-refractivity contribution in [3.63, 3.8) is 0 Å². The fourth-order valence-electron chi connectivity index (χ4n) is 2.35. The van der Waals surface area contributed by atoms with E-state index in [1.165, 1.54) is 0 Å². The molecular weight excluding hydrogens is 264 g/mol. The third-order valence-corrected chi connectivity index (χ3v) is 3.48. The van der Waals surface area contributed by atoms with E-state index < -0.39 is 0 Å². The molecule has 0 unspecified atom stereocenters. The van der Waals surface area contributed by atoms with E-state index in [0.717, 1.165) is 43.1 Å². The van der Waals surface area contributed by atoms with Crippen LogP contribution in [0.25, 0.3) is 0 Å². The van der Waals surface area contributed by atoms with Gasteiger partial charge >= 0.3 is 6.03 Å². The molecule has 0 aromatic heterocycles. The molecule has 0 bridgehead atoms. The summed E-state index contributed by atoms with van der Waals surface area (Å²) in [6.45, 7) is 1.70. The summed E-state index contributed by atoms with van der Waals surface area (Å²) < 4.78 is 5.71. The average molecular weight is 282 g/mol. The summed E-state index contributed by atoms with van der Waals surface area (Å²) in [4.78, 5) is 13.8. The van der Waals surface area contributed by atoms with Crippen molar-refractivity contribution >= 4 is 11.7 Å². The summed E-state index contributed by atoms with van der Waals surface area (Å²) in [5, 5.41) is 2.91. The van der Waals surface area contributed by atoms with Crippen LogP contribution in [0.1, 0.15) is 12.8 Å². The molecule has 108 valence electrons. The highest BCUT2D eigenvalue weighted by Gasteiger charge is 2.17. The highest BCUT2D eigenvalue weighted by atomic mass is 16.5. The first kappa shape index (κ1) is 13.5. The topological polar surface area (TPSA) is 41.6 Å². The number of likely N-dealkylation sites (tertiary alicyclic amines) is 1. The molecule has 0 radical (unpaired) electrons. The van der Waals surface area contributed by atoms with Crippen LogP contribution in [0.5, 0.6) is 11.5 Å². The fourth-order valence-corrected chi connectivity index (χ4v) is 2.35. The van der Waals surface area contributed by atoms with Gasteiger partial charge in [-0.2, -0.15) is 0 Å². The molecule has 0 atom stereocenters. The minimum Gasteiger partial charge on any atom is -0.457 e. The van der Waals surface area contributed by atoms with Gasteiger partial charge < -0.3 is 15.0 Å². The lowest BCUT2D eigenvalue weighted by Crippen LogP contribution is -2.32. The Morgan fingerprint density at radius 3 is 2.19 bits per heavy atom. The van der Waals surface area contributed by atoms with Crippen molar-refractivity contribution in [1.29, 1.82) is 0 Å². The van der Waals surface area contributed by atoms with E-state index in [4.69, 9.17) is 4.74 Å². The number of carbonyl (C=O) groups excluding carboxylic acids is 1. The maximum Gasteiger partial charge on any atom is 0.321 e. The van der Waals surface area contributed by atoms with Crippen LogP contribution in [0, 0.1) is 0 Å². The van der Waals surface area contributed by atoms with Crippen molar-refractivity contribution < 1.29 is 9.53 Å². The van der Waals surface area contributed by atoms with E-state index in [2.05, 4.69) is 5.32 Å². The van der Waals surface area contributed by atoms with Crippen LogP contribution in [0.4, 0.5) is 10.5 Å². The van der Waals surface area contributed by atoms with Crippen LogP contribution < -0.4 is 10.1 Å². The first-order chi connectivity index (χ1) is 10.3. The maximum absolute atomic E-state index is 12.0. The Morgan fingerprint density at radius 2 is 1.52 bits per heavy atom. The maximum atomic E-state index is 12.0. The van der Waals surface area contributed by atoms with Crippen LogP contribution in [-0.4, -0.2) is 24.0 Å². The molecule has 4 nitrogen and oxygen atoms in total. The normalized spacial score (nSPS) is 14.0. The van der Waals surface area contributed by atoms with E-state index in [1.54, 1.807) is 0 Å². The summed E-state index contributed by atoms with van der Waals surface area (Å²) in [5.41, 5.74) is 0.785. The Bertz CT molecular complexity index is 590. The quantitative estimate of drug-likeness (QED) is 0.920. The molecule has 1 aliphatic heterocycles. The van der Waals surface area contributed by atoms with Gasteiger partial charge in [0, 0.05) is 18.8 Å². The van der Waals surface area contributed by atoms with Gasteiger partial charge in [-0.3, -0.25) is 0 Å². The van der Waals surface area contributed by atoms with Crippen molar-refractivity contribution in [2.45, 2.75) is 12.8 Å². The first-order valence-electron chi connectivity index (χ1n) is 7.20. The zero-order valence-electron chi connectivity index (χ0n) is 11.8. The van der Waals surface area contributed by atoms with Crippen molar-refractivity contribution in [3.8, 4) is 11.5 Å². The Labute approximate surface area is 124 Å². The second kappa shape index (κ2) is 6.31. The number of hydrogen-bond acceptors (Lipinski definition) is 2. The van der Waals surface area contributed by atoms with Crippen molar-refractivity contribution in [3.05, 3.63) is 54.6 Å². The predicted octanol–water partition coefficient (Wildman–Crippen LogP) is 4.11. The van der Waals surface area contributed by atoms with Gasteiger partial charge in [0.05, 0.1) is 0 Å². The van der Waals surface area contributed by atoms with E-state index in [-0.39, 0.29) is 6.03 Å². The number of ether oxygens (including phenoxy) is 1. The van der Waals surface area contributed by atoms with Gasteiger partial charge in [0.25, 0.3) is 0 Å². The van der Waals surface area contributed by atoms with Gasteiger partial charge in [0.15, 0.2) is 0 Å². The molecule has 4 heteroatoms. The third-order valence-electron chi connectivity index (χ3n) is 3.48. The Hall–Kier alpha value is -2.49. The summed E-state index contributed by atoms with van der Waals surface area (Å²) in [6.07, 6.45) is 2.19. The molecule has 1 aliphatic rings. The Kier molecular flexibility index (Phi) is 4.05. The van der Waals surface area contributed by atoms with Crippen molar-refractivity contribution in [2.24, 2.45) is 0 Å². The standard InChI is InChI=1S/C17H18N2O2/c20-17(19-12-4-5-13-19)18-14-8-10-16(11-9-14)21-15-6-2-1-3-7-15/h1-3,6-11H,4-5,12-13H2,(H,18,20). The highest BCUT2D eigenvalue weighted by molar-refractivity contribution is 5.89. The number of urea groups is 1. The first-order valence-corrected chi connectivity index (χ1v) is 7.20. The second-order valence-corrected chi connectivity index (χ2v) is 5.06. The van der Waals surface area contributed by atoms with Gasteiger partial charge in [-0.1, -0.05) is 18.2 Å². The van der Waals surface area contributed by atoms with Gasteiger partial charge in [-0.15, -0.1) is 0 Å². The lowest BCUT2D eigenvalue weighted by Gasteiger charge is -2.16. The molecule has 1 N–H and O–H groups in total. The molecule has 3 rings (SSSR count). The van der Waals surface area contributed by atoms with Crippen molar-refractivity contribution in [1.82, 2.24) is 4.90 Å². The van der Waals surface area contributed by atoms with Crippen LogP contribution in [0.15, 0.2) is 54.6 Å². The van der Waals surface area contributed by atoms with Gasteiger partial charge in [-0.05, 0) is 49.2 Å². The lowest BCUT2D eigenvalue weighted by atomic mass is 10.3. The van der Waals surface area contributed by atoms with Crippen LogP contribution in [0.3, 0.4) is 0 Å². The molecule has 0 aliphatic carbocycles. The molecular formula is C17H18N2O2. The number of nitrogens with zero attached hydrogens (tertiary/aromatic N) is 1. The van der Waals surface area contributed by atoms with Crippen LogP contribution in [-0.2, 0) is 0 Å². The third kappa shape index (κ3) is 3.54. The van der Waals surface area contributed by atoms with E-state index in [1.807, 2.05) is 59.5 Å². The molecule has 1 fully saturated rings. The summed E-state index contributed by atoms with van der Waals surface area (Å²) in [6, 6.07) is 17.0. The average Bonchev–Trinajstić information content (AvgIpc) is 3.05. The zero-order chi connectivity index (χ0) is 14.5. The van der Waals surface area contributed by atoms with Gasteiger partial charge in [0.2, 0.25) is 0 Å². The van der Waals surface area contributed by atoms with E-state index in [0.29, 0.717) is 0 Å². The minimum atomic E-state index is -0.0239. The number of carbonyl (C=O) groups is 1. The minimum absolute atomic E-state index is 0.0239. The fraction of sp³-hybridized carbons (Fsp3) is 0.235. The number of para-hydroxylation sites is 1. The summed E-state index contributed by atoms with van der Waals surface area (Å²) in [7, 11) is 0. The second-order valence-electron chi connectivity index (χ2n) is 5.06. The molecule has 0 saturated carbocycles. The zero-order valence-corrected chi connectivity index (χ0v) is 11.8. The monoisotopic (exact) mass is 282 g/mol. The summed E-state index contributed by atoms with van der Waals surface area (Å²) >= 11 is 0. The Balaban J connectivity index is 1.60. The smallest absolute Gasteiger partial charge is 0.321 e. The van der Waals surface area contributed by atoms with Gasteiger partial charge in [-0.25, -0.2) is 4.79 Å². The molecule has 2 aromatic carbocycles.